The van der Waals surface area contributed by atoms with Gasteiger partial charge >= 0.3 is 0 Å². The largest absolute Gasteiger partial charge is 0.369 e. The summed E-state index contributed by atoms with van der Waals surface area (Å²) in [4.78, 5) is 11.2. The quantitative estimate of drug-likeness (QED) is 0.821. The highest BCUT2D eigenvalue weighted by Crippen LogP contribution is 2.22. The van der Waals surface area contributed by atoms with Crippen molar-refractivity contribution < 1.29 is 4.79 Å². The van der Waals surface area contributed by atoms with Gasteiger partial charge in [-0.15, -0.1) is 0 Å². The minimum Gasteiger partial charge on any atom is -0.369 e. The summed E-state index contributed by atoms with van der Waals surface area (Å²) < 4.78 is 0. The molecule has 0 radical (unpaired) electrons. The summed E-state index contributed by atoms with van der Waals surface area (Å²) in [6.07, 6.45) is 2.09. The lowest BCUT2D eigenvalue weighted by atomic mass is 9.92. The van der Waals surface area contributed by atoms with E-state index in [4.69, 9.17) is 5.73 Å². The molecule has 1 aliphatic carbocycles. The maximum absolute atomic E-state index is 11.2. The Kier molecular flexibility index (Phi) is 3.20. The highest BCUT2D eigenvalue weighted by atomic mass is 16.1. The van der Waals surface area contributed by atoms with Crippen LogP contribution in [-0.2, 0) is 17.6 Å². The van der Waals surface area contributed by atoms with Gasteiger partial charge in [-0.3, -0.25) is 4.79 Å². The van der Waals surface area contributed by atoms with Crippen molar-refractivity contribution >= 4 is 5.91 Å². The molecule has 0 bridgehead atoms. The van der Waals surface area contributed by atoms with Gasteiger partial charge in [-0.1, -0.05) is 24.3 Å². The first kappa shape index (κ1) is 12.1. The van der Waals surface area contributed by atoms with Crippen LogP contribution in [0.5, 0.6) is 0 Å². The Morgan fingerprint density at radius 2 is 1.88 bits per heavy atom. The molecule has 1 aliphatic rings. The van der Waals surface area contributed by atoms with Crippen molar-refractivity contribution in [2.24, 2.45) is 11.1 Å². The second kappa shape index (κ2) is 4.49. The van der Waals surface area contributed by atoms with Gasteiger partial charge in [-0.2, -0.15) is 0 Å². The van der Waals surface area contributed by atoms with Gasteiger partial charge in [0.25, 0.3) is 0 Å². The Balaban J connectivity index is 1.91. The Labute approximate surface area is 102 Å². The van der Waals surface area contributed by atoms with Crippen molar-refractivity contribution in [3.05, 3.63) is 35.4 Å². The highest BCUT2D eigenvalue weighted by Gasteiger charge is 2.27. The molecule has 3 N–H and O–H groups in total. The Morgan fingerprint density at radius 3 is 2.35 bits per heavy atom. The molecule has 3 heteroatoms. The van der Waals surface area contributed by atoms with Crippen molar-refractivity contribution in [1.82, 2.24) is 5.32 Å². The van der Waals surface area contributed by atoms with Gasteiger partial charge in [0.1, 0.15) is 0 Å². The minimum absolute atomic E-state index is 0.250. The molecular formula is C14H20N2O. The summed E-state index contributed by atoms with van der Waals surface area (Å²) in [5.41, 5.74) is 7.72. The van der Waals surface area contributed by atoms with Crippen LogP contribution in [0.4, 0.5) is 0 Å². The molecule has 0 aliphatic heterocycles. The van der Waals surface area contributed by atoms with Gasteiger partial charge in [0.2, 0.25) is 5.91 Å². The summed E-state index contributed by atoms with van der Waals surface area (Å²) in [7, 11) is 0. The monoisotopic (exact) mass is 232 g/mol. The molecule has 92 valence electrons. The van der Waals surface area contributed by atoms with Gasteiger partial charge in [-0.05, 0) is 37.8 Å². The lowest BCUT2D eigenvalue weighted by molar-refractivity contribution is -0.125. The molecule has 0 saturated carbocycles. The van der Waals surface area contributed by atoms with Crippen molar-refractivity contribution in [3.8, 4) is 0 Å². The van der Waals surface area contributed by atoms with E-state index in [1.54, 1.807) is 0 Å². The smallest absolute Gasteiger partial charge is 0.224 e. The van der Waals surface area contributed by atoms with E-state index in [2.05, 4.69) is 29.6 Å². The molecule has 1 amide bonds. The van der Waals surface area contributed by atoms with Crippen LogP contribution in [0.15, 0.2) is 24.3 Å². The molecular weight excluding hydrogens is 212 g/mol. The third-order valence-corrected chi connectivity index (χ3v) is 3.55. The van der Waals surface area contributed by atoms with Crippen LogP contribution < -0.4 is 11.1 Å². The third-order valence-electron chi connectivity index (χ3n) is 3.55. The zero-order valence-corrected chi connectivity index (χ0v) is 10.5. The van der Waals surface area contributed by atoms with E-state index in [1.165, 1.54) is 11.1 Å². The highest BCUT2D eigenvalue weighted by molar-refractivity contribution is 5.80. The molecule has 17 heavy (non-hydrogen) atoms. The Bertz CT molecular complexity index is 401. The first-order chi connectivity index (χ1) is 7.99. The van der Waals surface area contributed by atoms with Crippen LogP contribution in [0.3, 0.4) is 0 Å². The van der Waals surface area contributed by atoms with Crippen LogP contribution in [0.25, 0.3) is 0 Å². The van der Waals surface area contributed by atoms with E-state index in [0.29, 0.717) is 12.6 Å². The number of carbonyl (C=O) groups is 1. The molecule has 0 unspecified atom stereocenters. The van der Waals surface area contributed by atoms with Gasteiger partial charge in [0, 0.05) is 12.6 Å². The number of benzene rings is 1. The fourth-order valence-corrected chi connectivity index (χ4v) is 2.19. The van der Waals surface area contributed by atoms with E-state index >= 15 is 0 Å². The number of nitrogens with two attached hydrogens (primary N) is 1. The summed E-state index contributed by atoms with van der Waals surface area (Å²) in [5, 5.41) is 3.45. The van der Waals surface area contributed by atoms with Gasteiger partial charge in [0.15, 0.2) is 0 Å². The van der Waals surface area contributed by atoms with Gasteiger partial charge in [-0.25, -0.2) is 0 Å². The maximum atomic E-state index is 11.2. The second-order valence-electron chi connectivity index (χ2n) is 5.50. The molecule has 0 spiro atoms. The van der Waals surface area contributed by atoms with Crippen molar-refractivity contribution in [2.75, 3.05) is 6.54 Å². The number of hydrogen-bond acceptors (Lipinski definition) is 2. The Morgan fingerprint density at radius 1 is 1.35 bits per heavy atom. The maximum Gasteiger partial charge on any atom is 0.224 e. The number of carbonyl (C=O) groups excluding carboxylic acids is 1. The van der Waals surface area contributed by atoms with Crippen molar-refractivity contribution in [1.29, 1.82) is 0 Å². The van der Waals surface area contributed by atoms with Crippen LogP contribution in [0.2, 0.25) is 0 Å². The van der Waals surface area contributed by atoms with Crippen LogP contribution >= 0.6 is 0 Å². The molecule has 2 rings (SSSR count). The molecule has 1 aromatic carbocycles. The summed E-state index contributed by atoms with van der Waals surface area (Å²) >= 11 is 0. The van der Waals surface area contributed by atoms with E-state index < -0.39 is 5.41 Å². The molecule has 0 atom stereocenters. The number of amides is 1. The average molecular weight is 232 g/mol. The predicted octanol–water partition coefficient (Wildman–Crippen LogP) is 1.25. The number of rotatable bonds is 4. The molecule has 3 nitrogen and oxygen atoms in total. The van der Waals surface area contributed by atoms with Crippen molar-refractivity contribution in [3.63, 3.8) is 0 Å². The molecule has 1 aromatic rings. The second-order valence-corrected chi connectivity index (χ2v) is 5.50. The normalized spacial score (nSPS) is 15.9. The number of primary amides is 1. The zero-order chi connectivity index (χ0) is 12.5. The summed E-state index contributed by atoms with van der Waals surface area (Å²) in [6, 6.07) is 8.95. The molecule has 0 saturated heterocycles. The minimum atomic E-state index is -0.477. The third kappa shape index (κ3) is 2.67. The lowest BCUT2D eigenvalue weighted by Crippen LogP contribution is -2.44. The van der Waals surface area contributed by atoms with Gasteiger partial charge in [0.05, 0.1) is 5.41 Å². The van der Waals surface area contributed by atoms with Crippen LogP contribution in [0, 0.1) is 5.41 Å². The first-order valence-electron chi connectivity index (χ1n) is 6.09. The van der Waals surface area contributed by atoms with E-state index in [-0.39, 0.29) is 5.91 Å². The number of fused-ring (bicyclic) bond motifs is 1. The number of hydrogen-bond donors (Lipinski definition) is 2. The SMILES string of the molecule is CC(C)(CNC1Cc2ccccc2C1)C(N)=O. The number of nitrogens with one attached hydrogen (secondary N) is 1. The summed E-state index contributed by atoms with van der Waals surface area (Å²) in [6.45, 7) is 4.40. The van der Waals surface area contributed by atoms with Crippen LogP contribution in [0.1, 0.15) is 25.0 Å². The predicted molar refractivity (Wildman–Crippen MR) is 68.6 cm³/mol. The summed E-state index contributed by atoms with van der Waals surface area (Å²) in [5.74, 6) is -0.250. The standard InChI is InChI=1S/C14H20N2O/c1-14(2,13(15)17)9-16-12-7-10-5-3-4-6-11(10)8-12/h3-6,12,16H,7-9H2,1-2H3,(H2,15,17). The van der Waals surface area contributed by atoms with Crippen molar-refractivity contribution in [2.45, 2.75) is 32.7 Å². The van der Waals surface area contributed by atoms with E-state index in [1.807, 2.05) is 13.8 Å². The fourth-order valence-electron chi connectivity index (χ4n) is 2.19. The molecule has 0 heterocycles. The fraction of sp³-hybridized carbons (Fsp3) is 0.500. The molecule has 0 fully saturated rings. The van der Waals surface area contributed by atoms with Gasteiger partial charge < -0.3 is 11.1 Å². The Hall–Kier alpha value is -1.35. The molecule has 0 aromatic heterocycles. The van der Waals surface area contributed by atoms with E-state index in [9.17, 15) is 4.79 Å². The van der Waals surface area contributed by atoms with Crippen LogP contribution in [-0.4, -0.2) is 18.5 Å². The topological polar surface area (TPSA) is 55.1 Å². The average Bonchev–Trinajstić information content (AvgIpc) is 2.69. The first-order valence-corrected chi connectivity index (χ1v) is 6.09. The van der Waals surface area contributed by atoms with E-state index in [0.717, 1.165) is 12.8 Å². The lowest BCUT2D eigenvalue weighted by Gasteiger charge is -2.23. The zero-order valence-electron chi connectivity index (χ0n) is 10.5.